The van der Waals surface area contributed by atoms with Crippen molar-refractivity contribution in [1.82, 2.24) is 14.8 Å². The number of hydrogen-bond donors (Lipinski definition) is 1. The van der Waals surface area contributed by atoms with Crippen LogP contribution in [-0.4, -0.2) is 32.7 Å². The number of hydrogen-bond acceptors (Lipinski definition) is 6. The zero-order valence-electron chi connectivity index (χ0n) is 16.9. The summed E-state index contributed by atoms with van der Waals surface area (Å²) in [5, 5.41) is 7.86. The van der Waals surface area contributed by atoms with E-state index in [0.29, 0.717) is 21.5 Å². The van der Waals surface area contributed by atoms with E-state index < -0.39 is 18.0 Å². The number of pyridine rings is 1. The molecule has 0 aliphatic rings. The molecule has 0 radical (unpaired) electrons. The second kappa shape index (κ2) is 8.99. The summed E-state index contributed by atoms with van der Waals surface area (Å²) in [4.78, 5) is 42.3. The maximum atomic E-state index is 13.0. The van der Waals surface area contributed by atoms with Gasteiger partial charge >= 0.3 is 5.97 Å². The Morgan fingerprint density at radius 3 is 2.38 bits per heavy atom. The van der Waals surface area contributed by atoms with Crippen LogP contribution in [0.25, 0.3) is 16.5 Å². The first-order valence-corrected chi connectivity index (χ1v) is 10.0. The molecular weight excluding hydrogens is 432 g/mol. The van der Waals surface area contributed by atoms with E-state index in [1.54, 1.807) is 60.7 Å². The van der Waals surface area contributed by atoms with Crippen molar-refractivity contribution in [3.63, 3.8) is 0 Å². The molecule has 8 nitrogen and oxygen atoms in total. The van der Waals surface area contributed by atoms with Crippen molar-refractivity contribution in [2.45, 2.75) is 13.0 Å². The Kier molecular flexibility index (Phi) is 5.96. The zero-order valence-corrected chi connectivity index (χ0v) is 17.6. The molecule has 0 saturated carbocycles. The van der Waals surface area contributed by atoms with E-state index in [-0.39, 0.29) is 17.1 Å². The predicted molar refractivity (Wildman–Crippen MR) is 120 cm³/mol. The summed E-state index contributed by atoms with van der Waals surface area (Å²) in [5.74, 6) is -1.14. The summed E-state index contributed by atoms with van der Waals surface area (Å²) in [6, 6.07) is 18.4. The number of amides is 1. The Morgan fingerprint density at radius 1 is 1.00 bits per heavy atom. The number of fused-ring (bicyclic) bond motifs is 1. The Labute approximate surface area is 187 Å². The first-order valence-electron chi connectivity index (χ1n) is 9.65. The Balaban J connectivity index is 1.64. The molecule has 0 bridgehead atoms. The topological polar surface area (TPSA) is 103 Å². The average Bonchev–Trinajstić information content (AvgIpc) is 2.81. The summed E-state index contributed by atoms with van der Waals surface area (Å²) >= 11 is 5.79. The van der Waals surface area contributed by atoms with Crippen LogP contribution in [0.5, 0.6) is 0 Å². The van der Waals surface area contributed by atoms with E-state index >= 15 is 0 Å². The van der Waals surface area contributed by atoms with Crippen LogP contribution in [0.3, 0.4) is 0 Å². The first kappa shape index (κ1) is 21.2. The van der Waals surface area contributed by atoms with Gasteiger partial charge in [0, 0.05) is 11.6 Å². The molecule has 4 rings (SSSR count). The van der Waals surface area contributed by atoms with Crippen molar-refractivity contribution >= 4 is 40.1 Å². The highest BCUT2D eigenvalue weighted by Crippen LogP contribution is 2.17. The number of rotatable bonds is 5. The molecule has 1 atom stereocenters. The third-order valence-electron chi connectivity index (χ3n) is 4.63. The van der Waals surface area contributed by atoms with Crippen LogP contribution >= 0.6 is 11.6 Å². The van der Waals surface area contributed by atoms with Gasteiger partial charge in [-0.1, -0.05) is 48.0 Å². The zero-order chi connectivity index (χ0) is 22.7. The lowest BCUT2D eigenvalue weighted by Gasteiger charge is -2.15. The summed E-state index contributed by atoms with van der Waals surface area (Å²) < 4.78 is 6.49. The lowest BCUT2D eigenvalue weighted by Crippen LogP contribution is -2.32. The van der Waals surface area contributed by atoms with Crippen molar-refractivity contribution < 1.29 is 14.3 Å². The maximum absolute atomic E-state index is 13.0. The molecule has 1 N–H and O–H groups in total. The number of carbonyl (C=O) groups is 2. The van der Waals surface area contributed by atoms with Gasteiger partial charge in [0.2, 0.25) is 0 Å². The molecule has 0 aliphatic carbocycles. The maximum Gasteiger partial charge on any atom is 0.360 e. The number of benzene rings is 2. The van der Waals surface area contributed by atoms with Crippen molar-refractivity contribution in [1.29, 1.82) is 0 Å². The third-order valence-corrected chi connectivity index (χ3v) is 4.85. The molecule has 9 heteroatoms. The molecule has 1 unspecified atom stereocenters. The number of halogens is 1. The monoisotopic (exact) mass is 448 g/mol. The average molecular weight is 449 g/mol. The normalized spacial score (nSPS) is 11.7. The Bertz CT molecular complexity index is 1350. The Morgan fingerprint density at radius 2 is 1.69 bits per heavy atom. The highest BCUT2D eigenvalue weighted by Gasteiger charge is 2.24. The van der Waals surface area contributed by atoms with Gasteiger partial charge in [-0.05, 0) is 37.3 Å². The van der Waals surface area contributed by atoms with E-state index in [0.717, 1.165) is 4.68 Å². The van der Waals surface area contributed by atoms with Crippen molar-refractivity contribution in [3.8, 4) is 5.69 Å². The molecule has 1 amide bonds. The van der Waals surface area contributed by atoms with Crippen LogP contribution in [-0.2, 0) is 9.53 Å². The van der Waals surface area contributed by atoms with E-state index in [9.17, 15) is 14.4 Å². The lowest BCUT2D eigenvalue weighted by molar-refractivity contribution is -0.123. The van der Waals surface area contributed by atoms with Crippen molar-refractivity contribution in [2.75, 3.05) is 5.32 Å². The standard InChI is InChI=1S/C23H17ClN4O4/c1-14(21(29)26-19-12-11-15(24)13-25-19)32-23(31)20-17-9-5-6-10-18(17)22(30)28(27-20)16-7-3-2-4-8-16/h2-14H,1H3,(H,25,26,29). The van der Waals surface area contributed by atoms with Crippen molar-refractivity contribution in [2.24, 2.45) is 0 Å². The SMILES string of the molecule is CC(OC(=O)c1nn(-c2ccccc2)c(=O)c2ccccc12)C(=O)Nc1ccc(Cl)cn1. The van der Waals surface area contributed by atoms with Crippen LogP contribution in [0.4, 0.5) is 5.82 Å². The van der Waals surface area contributed by atoms with Crippen LogP contribution in [0, 0.1) is 0 Å². The number of ether oxygens (including phenoxy) is 1. The fourth-order valence-corrected chi connectivity index (χ4v) is 3.14. The second-order valence-corrected chi connectivity index (χ2v) is 7.28. The van der Waals surface area contributed by atoms with Crippen LogP contribution in [0.1, 0.15) is 17.4 Å². The van der Waals surface area contributed by atoms with Gasteiger partial charge in [0.25, 0.3) is 11.5 Å². The summed E-state index contributed by atoms with van der Waals surface area (Å²) in [5.41, 5.74) is 0.0492. The summed E-state index contributed by atoms with van der Waals surface area (Å²) in [7, 11) is 0. The molecule has 32 heavy (non-hydrogen) atoms. The van der Waals surface area contributed by atoms with Gasteiger partial charge in [0.15, 0.2) is 11.8 Å². The number of anilines is 1. The van der Waals surface area contributed by atoms with Gasteiger partial charge in [0.1, 0.15) is 5.82 Å². The van der Waals surface area contributed by atoms with Gasteiger partial charge < -0.3 is 10.1 Å². The summed E-state index contributed by atoms with van der Waals surface area (Å²) in [6.07, 6.45) is 0.245. The number of nitrogens with zero attached hydrogens (tertiary/aromatic N) is 3. The second-order valence-electron chi connectivity index (χ2n) is 6.85. The number of esters is 1. The minimum absolute atomic E-state index is 0.0756. The number of aromatic nitrogens is 3. The van der Waals surface area contributed by atoms with Crippen molar-refractivity contribution in [3.05, 3.63) is 94.0 Å². The smallest absolute Gasteiger partial charge is 0.360 e. The molecule has 4 aromatic rings. The van der Waals surface area contributed by atoms with Crippen LogP contribution in [0.2, 0.25) is 5.02 Å². The molecule has 2 aromatic carbocycles. The molecule has 0 spiro atoms. The quantitative estimate of drug-likeness (QED) is 0.468. The first-order chi connectivity index (χ1) is 15.4. The fourth-order valence-electron chi connectivity index (χ4n) is 3.03. The molecule has 0 aliphatic heterocycles. The fraction of sp³-hybridized carbons (Fsp3) is 0.0870. The van der Waals surface area contributed by atoms with E-state index in [1.165, 1.54) is 19.2 Å². The van der Waals surface area contributed by atoms with E-state index in [4.69, 9.17) is 16.3 Å². The molecular formula is C23H17ClN4O4. The minimum Gasteiger partial charge on any atom is -0.448 e. The van der Waals surface area contributed by atoms with Gasteiger partial charge in [-0.3, -0.25) is 9.59 Å². The third kappa shape index (κ3) is 4.35. The van der Waals surface area contributed by atoms with E-state index in [2.05, 4.69) is 15.4 Å². The van der Waals surface area contributed by atoms with E-state index in [1.807, 2.05) is 0 Å². The summed E-state index contributed by atoms with van der Waals surface area (Å²) in [6.45, 7) is 1.43. The highest BCUT2D eigenvalue weighted by molar-refractivity contribution is 6.30. The molecule has 160 valence electrons. The minimum atomic E-state index is -1.14. The van der Waals surface area contributed by atoms with Crippen LogP contribution < -0.4 is 10.9 Å². The van der Waals surface area contributed by atoms with Gasteiger partial charge in [-0.15, -0.1) is 0 Å². The molecule has 2 heterocycles. The molecule has 0 saturated heterocycles. The predicted octanol–water partition coefficient (Wildman–Crippen LogP) is 3.62. The molecule has 2 aromatic heterocycles. The molecule has 0 fully saturated rings. The van der Waals surface area contributed by atoms with Crippen LogP contribution in [0.15, 0.2) is 77.7 Å². The number of para-hydroxylation sites is 1. The number of nitrogens with one attached hydrogen (secondary N) is 1. The van der Waals surface area contributed by atoms with Gasteiger partial charge in [-0.25, -0.2) is 9.78 Å². The van der Waals surface area contributed by atoms with Gasteiger partial charge in [-0.2, -0.15) is 9.78 Å². The lowest BCUT2D eigenvalue weighted by atomic mass is 10.1. The largest absolute Gasteiger partial charge is 0.448 e. The highest BCUT2D eigenvalue weighted by atomic mass is 35.5. The van der Waals surface area contributed by atoms with Gasteiger partial charge in [0.05, 0.1) is 16.1 Å². The Hall–Kier alpha value is -4.04. The number of carbonyl (C=O) groups excluding carboxylic acids is 2.